The maximum absolute atomic E-state index is 11.2. The molecule has 0 saturated carbocycles. The first kappa shape index (κ1) is 17.8. The fourth-order valence-corrected chi connectivity index (χ4v) is 1.73. The normalized spacial score (nSPS) is 9.91. The number of nitrogens with zero attached hydrogens (tertiary/aromatic N) is 1. The zero-order chi connectivity index (χ0) is 16.4. The Morgan fingerprint density at radius 2 is 1.73 bits per heavy atom. The first-order valence-electron chi connectivity index (χ1n) is 6.58. The van der Waals surface area contributed by atoms with Crippen LogP contribution in [0.3, 0.4) is 0 Å². The molecule has 6 heteroatoms. The Morgan fingerprint density at radius 1 is 1.14 bits per heavy atom. The topological polar surface area (TPSA) is 81.9 Å². The fourth-order valence-electron chi connectivity index (χ4n) is 1.57. The van der Waals surface area contributed by atoms with Crippen LogP contribution >= 0.6 is 0 Å². The zero-order valence-electron chi connectivity index (χ0n) is 12.0. The number of carbonyl (C=O) groups is 1. The summed E-state index contributed by atoms with van der Waals surface area (Å²) in [6.07, 6.45) is 1.54. The molecule has 0 unspecified atom stereocenters. The van der Waals surface area contributed by atoms with Gasteiger partial charge in [0.1, 0.15) is 5.75 Å². The number of amides is 1. The second kappa shape index (κ2) is 9.60. The van der Waals surface area contributed by atoms with Crippen molar-refractivity contribution in [2.75, 3.05) is 6.54 Å². The molecule has 1 amide bonds. The predicted octanol–water partition coefficient (Wildman–Crippen LogP) is 2.41. The van der Waals surface area contributed by atoms with E-state index in [9.17, 15) is 9.90 Å². The molecule has 0 radical (unpaired) electrons. The molecule has 2 aromatic rings. The van der Waals surface area contributed by atoms with Crippen LogP contribution in [0.4, 0.5) is 0 Å². The molecule has 5 nitrogen and oxygen atoms in total. The Morgan fingerprint density at radius 3 is 2.27 bits per heavy atom. The van der Waals surface area contributed by atoms with E-state index in [2.05, 4.69) is 25.6 Å². The summed E-state index contributed by atoms with van der Waals surface area (Å²) in [4.78, 5) is 11.2. The summed E-state index contributed by atoms with van der Waals surface area (Å²) in [5.41, 5.74) is 1.03. The van der Waals surface area contributed by atoms with E-state index < -0.39 is 0 Å². The first-order valence-corrected chi connectivity index (χ1v) is 7.11. The number of rotatable bonds is 3. The molecule has 22 heavy (non-hydrogen) atoms. The molecule has 0 saturated heterocycles. The molecule has 0 fully saturated rings. The van der Waals surface area contributed by atoms with Crippen LogP contribution in [0.2, 0.25) is 0 Å². The summed E-state index contributed by atoms with van der Waals surface area (Å²) < 4.78 is 3.59. The quantitative estimate of drug-likeness (QED) is 0.593. The molecule has 0 aliphatic heterocycles. The van der Waals surface area contributed by atoms with Gasteiger partial charge in [0.2, 0.25) is 0 Å². The molecule has 116 valence electrons. The molecule has 0 aliphatic rings. The summed E-state index contributed by atoms with van der Waals surface area (Å²) in [7, 11) is 0. The van der Waals surface area contributed by atoms with Crippen LogP contribution in [0.15, 0.2) is 52.5 Å². The van der Waals surface area contributed by atoms with Gasteiger partial charge in [0.25, 0.3) is 5.91 Å². The monoisotopic (exact) mass is 340 g/mol. The Balaban J connectivity index is 0.000000224. The van der Waals surface area contributed by atoms with Crippen molar-refractivity contribution in [2.24, 2.45) is 4.01 Å². The molecule has 0 spiro atoms. The standard InChI is InChI=1S/C9H11NO2.C7H6NO.Mn/c1-2-10-9(12)7-5-3-4-6-8(7)11;8-5-6-3-1-2-4-7(6)9;/h3-6,11H,2H2,1H3,(H,10,12);1-5,9H;/q;-1;+1. The predicted molar refractivity (Wildman–Crippen MR) is 81.8 cm³/mol. The van der Waals surface area contributed by atoms with E-state index in [1.165, 1.54) is 12.3 Å². The number of hydrogen-bond donors (Lipinski definition) is 3. The van der Waals surface area contributed by atoms with Gasteiger partial charge in [-0.05, 0) is 19.1 Å². The Labute approximate surface area is 137 Å². The second-order valence-electron chi connectivity index (χ2n) is 4.16. The number of para-hydroxylation sites is 2. The van der Waals surface area contributed by atoms with Crippen LogP contribution in [0.1, 0.15) is 22.8 Å². The minimum atomic E-state index is -0.240. The Kier molecular flexibility index (Phi) is 7.75. The van der Waals surface area contributed by atoms with Gasteiger partial charge in [0, 0.05) is 6.54 Å². The van der Waals surface area contributed by atoms with Crippen LogP contribution in [0.25, 0.3) is 0 Å². The maximum atomic E-state index is 11.2. The summed E-state index contributed by atoms with van der Waals surface area (Å²) in [6, 6.07) is 13.5. The molecule has 0 aliphatic carbocycles. The number of aromatic hydroxyl groups is 2. The third kappa shape index (κ3) is 5.60. The van der Waals surface area contributed by atoms with Gasteiger partial charge >= 0.3 is 67.1 Å². The van der Waals surface area contributed by atoms with Crippen LogP contribution < -0.4 is 5.32 Å². The van der Waals surface area contributed by atoms with Crippen LogP contribution in [0.5, 0.6) is 11.5 Å². The van der Waals surface area contributed by atoms with Gasteiger partial charge in [-0.25, -0.2) is 0 Å². The Hall–Kier alpha value is -2.30. The second-order valence-corrected chi connectivity index (χ2v) is 4.47. The van der Waals surface area contributed by atoms with Gasteiger partial charge < -0.3 is 10.4 Å². The number of nitrogens with one attached hydrogen (secondary N) is 1. The van der Waals surface area contributed by atoms with E-state index in [-0.39, 0.29) is 17.4 Å². The third-order valence-corrected chi connectivity index (χ3v) is 2.76. The van der Waals surface area contributed by atoms with Gasteiger partial charge in [-0.1, -0.05) is 12.1 Å². The van der Waals surface area contributed by atoms with Crippen LogP contribution in [-0.2, 0) is 16.2 Å². The van der Waals surface area contributed by atoms with Crippen molar-refractivity contribution in [1.29, 1.82) is 0 Å². The van der Waals surface area contributed by atoms with E-state index in [1.54, 1.807) is 36.4 Å². The van der Waals surface area contributed by atoms with Crippen molar-refractivity contribution in [3.8, 4) is 11.5 Å². The molecule has 0 atom stereocenters. The van der Waals surface area contributed by atoms with E-state index in [0.717, 1.165) is 0 Å². The van der Waals surface area contributed by atoms with Gasteiger partial charge in [-0.2, -0.15) is 0 Å². The summed E-state index contributed by atoms with van der Waals surface area (Å²) in [5.74, 6) is 0.0183. The van der Waals surface area contributed by atoms with Gasteiger partial charge in [-0.3, -0.25) is 4.79 Å². The fraction of sp³-hybridized carbons (Fsp3) is 0.125. The van der Waals surface area contributed by atoms with Gasteiger partial charge in [-0.15, -0.1) is 0 Å². The molecule has 0 heterocycles. The van der Waals surface area contributed by atoms with Crippen molar-refractivity contribution in [3.63, 3.8) is 0 Å². The van der Waals surface area contributed by atoms with E-state index in [0.29, 0.717) is 17.7 Å². The molecule has 0 bridgehead atoms. The van der Waals surface area contributed by atoms with E-state index in [1.807, 2.05) is 13.0 Å². The van der Waals surface area contributed by atoms with Crippen LogP contribution in [0, 0.1) is 0 Å². The zero-order valence-corrected chi connectivity index (χ0v) is 13.2. The summed E-state index contributed by atoms with van der Waals surface area (Å²) >= 11 is 2.88. The minimum absolute atomic E-state index is 0.0171. The summed E-state index contributed by atoms with van der Waals surface area (Å²) in [5, 5.41) is 21.0. The van der Waals surface area contributed by atoms with Gasteiger partial charge in [0.05, 0.1) is 5.56 Å². The molecule has 2 aromatic carbocycles. The average molecular weight is 340 g/mol. The van der Waals surface area contributed by atoms with E-state index >= 15 is 0 Å². The SMILES string of the molecule is CCNC(=O)c1ccccc1O.Oc1ccccc1C=[N][Mn]. The number of hydrogen-bond acceptors (Lipinski definition) is 4. The number of phenolic OH excluding ortho intramolecular Hbond substituents is 2. The van der Waals surface area contributed by atoms with Crippen molar-refractivity contribution in [2.45, 2.75) is 6.92 Å². The molecule has 2 rings (SSSR count). The Bertz CT molecular complexity index is 645. The van der Waals surface area contributed by atoms with Crippen molar-refractivity contribution < 1.29 is 31.2 Å². The van der Waals surface area contributed by atoms with Crippen molar-refractivity contribution in [1.82, 2.24) is 5.32 Å². The number of carbonyl (C=O) groups excluding carboxylic acids is 1. The number of benzene rings is 2. The summed E-state index contributed by atoms with van der Waals surface area (Å²) in [6.45, 7) is 2.39. The average Bonchev–Trinajstić information content (AvgIpc) is 2.51. The van der Waals surface area contributed by atoms with Gasteiger partial charge in [0.15, 0.2) is 0 Å². The first-order chi connectivity index (χ1) is 10.6. The molecular formula is C16H17MnN2O3. The molecular weight excluding hydrogens is 323 g/mol. The molecule has 3 N–H and O–H groups in total. The number of phenols is 2. The molecule has 0 aromatic heterocycles. The third-order valence-electron chi connectivity index (χ3n) is 2.61. The van der Waals surface area contributed by atoms with E-state index in [4.69, 9.17) is 5.11 Å². The van der Waals surface area contributed by atoms with Crippen molar-refractivity contribution >= 4 is 12.1 Å². The van der Waals surface area contributed by atoms with Crippen molar-refractivity contribution in [3.05, 3.63) is 59.7 Å². The van der Waals surface area contributed by atoms with Crippen LogP contribution in [-0.4, -0.2) is 28.9 Å².